The van der Waals surface area contributed by atoms with Gasteiger partial charge in [0.05, 0.1) is 31.8 Å². The average molecular weight is 736 g/mol. The molecule has 0 amide bonds. The van der Waals surface area contributed by atoms with Crippen molar-refractivity contribution < 1.29 is 36.1 Å². The minimum atomic E-state index is -0.572. The van der Waals surface area contributed by atoms with E-state index in [1.807, 2.05) is 30.3 Å². The van der Waals surface area contributed by atoms with Crippen molar-refractivity contribution in [3.8, 4) is 0 Å². The van der Waals surface area contributed by atoms with Gasteiger partial charge in [-0.25, -0.2) is 0 Å². The van der Waals surface area contributed by atoms with E-state index in [4.69, 9.17) is 4.74 Å². The predicted molar refractivity (Wildman–Crippen MR) is 135 cm³/mol. The Kier molecular flexibility index (Phi) is 17.9. The summed E-state index contributed by atoms with van der Waals surface area (Å²) < 4.78 is 6.96. The maximum absolute atomic E-state index is 12.6. The molecule has 2 aliphatic rings. The first kappa shape index (κ1) is 34.6. The second-order valence-corrected chi connectivity index (χ2v) is 7.88. The van der Waals surface area contributed by atoms with Crippen LogP contribution < -0.4 is 17.0 Å². The Bertz CT molecular complexity index is 577. The number of piperidine rings is 1. The van der Waals surface area contributed by atoms with Gasteiger partial charge in [0.2, 0.25) is 0 Å². The summed E-state index contributed by atoms with van der Waals surface area (Å²) in [6.07, 6.45) is 4.36. The van der Waals surface area contributed by atoms with Crippen molar-refractivity contribution in [1.29, 1.82) is 0 Å². The molecule has 2 aliphatic heterocycles. The van der Waals surface area contributed by atoms with E-state index in [2.05, 4.69) is 20.9 Å². The molecule has 0 aliphatic carbocycles. The number of hydrogen-bond acceptors (Lipinski definition) is 3. The summed E-state index contributed by atoms with van der Waals surface area (Å²) in [6, 6.07) is 11.2. The maximum Gasteiger partial charge on any atom is 0.316 e. The third-order valence-corrected chi connectivity index (χ3v) is 6.54. The van der Waals surface area contributed by atoms with Crippen LogP contribution in [-0.4, -0.2) is 53.4 Å². The largest absolute Gasteiger partial charge is 1.00 e. The molecule has 1 aromatic carbocycles. The summed E-state index contributed by atoms with van der Waals surface area (Å²) in [5, 5.41) is 9.65. The molecule has 4 nitrogen and oxygen atoms in total. The Morgan fingerprint density at radius 1 is 1.07 bits per heavy atom. The van der Waals surface area contributed by atoms with Crippen LogP contribution in [0.5, 0.6) is 0 Å². The summed E-state index contributed by atoms with van der Waals surface area (Å²) in [5.74, 6) is -0.856. The molecule has 2 heterocycles. The topological polar surface area (TPSA) is 46.5 Å². The van der Waals surface area contributed by atoms with Gasteiger partial charge in [0, 0.05) is 25.7 Å². The van der Waals surface area contributed by atoms with E-state index in [1.165, 1.54) is 12.8 Å². The van der Waals surface area contributed by atoms with E-state index in [9.17, 15) is 9.90 Å². The van der Waals surface area contributed by atoms with Crippen molar-refractivity contribution in [2.24, 2.45) is 0 Å². The summed E-state index contributed by atoms with van der Waals surface area (Å²) in [4.78, 5) is 12.6. The van der Waals surface area contributed by atoms with Crippen LogP contribution in [0.4, 0.5) is 0 Å². The standard InChI is InChI=1S/C20H30NO3.5BrH/c1-14(2)21(3)16-9-10-17(21)12-18(11-16)24-20(23)19(13-22)15-7-5-4-6-8-15;;;;;/h4-8,14,16-19,22H,9-13H2,1-3H3;5*1H/q+1;;;;;/p-1. The van der Waals surface area contributed by atoms with E-state index in [-0.39, 0.29) is 104 Å². The van der Waals surface area contributed by atoms with E-state index in [1.54, 1.807) is 0 Å². The van der Waals surface area contributed by atoms with E-state index >= 15 is 0 Å². The van der Waals surface area contributed by atoms with Crippen LogP contribution in [0.15, 0.2) is 30.3 Å². The van der Waals surface area contributed by atoms with E-state index < -0.39 is 5.92 Å². The highest BCUT2D eigenvalue weighted by Gasteiger charge is 2.53. The summed E-state index contributed by atoms with van der Waals surface area (Å²) in [6.45, 7) is 4.39. The zero-order valence-electron chi connectivity index (χ0n) is 17.0. The zero-order valence-corrected chi connectivity index (χ0v) is 25.5. The first-order valence-electron chi connectivity index (χ1n) is 9.18. The highest BCUT2D eigenvalue weighted by atomic mass is 79.9. The van der Waals surface area contributed by atoms with Crippen molar-refractivity contribution in [3.05, 3.63) is 35.9 Å². The molecule has 9 heteroatoms. The van der Waals surface area contributed by atoms with Gasteiger partial charge >= 0.3 is 5.97 Å². The van der Waals surface area contributed by atoms with Gasteiger partial charge in [0.15, 0.2) is 0 Å². The van der Waals surface area contributed by atoms with Crippen LogP contribution in [-0.2, 0) is 9.53 Å². The van der Waals surface area contributed by atoms with Gasteiger partial charge in [0.1, 0.15) is 12.0 Å². The van der Waals surface area contributed by atoms with Gasteiger partial charge < -0.3 is 31.3 Å². The molecule has 1 aromatic rings. The molecular formula is C20H34Br5NO3. The third-order valence-electron chi connectivity index (χ3n) is 6.54. The maximum atomic E-state index is 12.6. The Morgan fingerprint density at radius 3 is 1.97 bits per heavy atom. The molecule has 0 spiro atoms. The minimum Gasteiger partial charge on any atom is -1.00 e. The number of hydrogen-bond donors (Lipinski definition) is 1. The smallest absolute Gasteiger partial charge is 0.316 e. The Balaban J connectivity index is -0.00000135. The summed E-state index contributed by atoms with van der Waals surface area (Å²) in [7, 11) is 2.37. The van der Waals surface area contributed by atoms with Gasteiger partial charge in [-0.3, -0.25) is 4.79 Å². The SMILES string of the molecule is Br.Br.Br.Br.CC(C)[N+]1(C)C2CCC1CC(OC(=O)C(CO)c1ccccc1)C2.[Br-]. The molecule has 2 saturated heterocycles. The molecule has 3 atom stereocenters. The van der Waals surface area contributed by atoms with Crippen molar-refractivity contribution in [2.45, 2.75) is 69.7 Å². The Labute approximate surface area is 227 Å². The van der Waals surface area contributed by atoms with Crippen molar-refractivity contribution in [1.82, 2.24) is 0 Å². The van der Waals surface area contributed by atoms with Gasteiger partial charge in [-0.15, -0.1) is 67.9 Å². The van der Waals surface area contributed by atoms with E-state index in [0.29, 0.717) is 18.1 Å². The number of ether oxygens (including phenoxy) is 1. The molecule has 0 aromatic heterocycles. The van der Waals surface area contributed by atoms with Gasteiger partial charge in [-0.05, 0) is 19.4 Å². The zero-order chi connectivity index (χ0) is 17.3. The summed E-state index contributed by atoms with van der Waals surface area (Å²) in [5.41, 5.74) is 0.826. The lowest BCUT2D eigenvalue weighted by atomic mass is 9.94. The Hall–Kier alpha value is 1.01. The monoisotopic (exact) mass is 731 g/mol. The van der Waals surface area contributed by atoms with Crippen LogP contribution in [0.25, 0.3) is 0 Å². The number of nitrogens with zero attached hydrogens (tertiary/aromatic N) is 1. The predicted octanol–water partition coefficient (Wildman–Crippen LogP) is 2.17. The first-order chi connectivity index (χ1) is 11.5. The van der Waals surface area contributed by atoms with Gasteiger partial charge in [-0.2, -0.15) is 0 Å². The van der Waals surface area contributed by atoms with Gasteiger partial charge in [0.25, 0.3) is 0 Å². The number of esters is 1. The summed E-state index contributed by atoms with van der Waals surface area (Å²) >= 11 is 0. The fourth-order valence-corrected chi connectivity index (χ4v) is 4.82. The van der Waals surface area contributed by atoms with Crippen molar-refractivity contribution in [3.63, 3.8) is 0 Å². The van der Waals surface area contributed by atoms with Crippen molar-refractivity contribution >= 4 is 73.9 Å². The van der Waals surface area contributed by atoms with Crippen LogP contribution in [0.1, 0.15) is 51.0 Å². The minimum absolute atomic E-state index is 0. The third kappa shape index (κ3) is 7.26. The number of carbonyl (C=O) groups is 1. The molecule has 29 heavy (non-hydrogen) atoms. The normalized spacial score (nSPS) is 27.7. The van der Waals surface area contributed by atoms with Crippen LogP contribution in [0.2, 0.25) is 0 Å². The lowest BCUT2D eigenvalue weighted by molar-refractivity contribution is -0.968. The second kappa shape index (κ2) is 15.0. The second-order valence-electron chi connectivity index (χ2n) is 7.88. The highest BCUT2D eigenvalue weighted by molar-refractivity contribution is 8.93. The number of quaternary nitrogens is 1. The number of benzene rings is 1. The lowest BCUT2D eigenvalue weighted by Gasteiger charge is -2.49. The van der Waals surface area contributed by atoms with Crippen LogP contribution in [0, 0.1) is 0 Å². The number of aliphatic hydroxyl groups is 1. The molecule has 0 radical (unpaired) electrons. The molecule has 2 fully saturated rings. The number of aliphatic hydroxyl groups excluding tert-OH is 1. The fraction of sp³-hybridized carbons (Fsp3) is 0.650. The quantitative estimate of drug-likeness (QED) is 0.373. The van der Waals surface area contributed by atoms with Crippen molar-refractivity contribution in [2.75, 3.05) is 13.7 Å². The van der Waals surface area contributed by atoms with Crippen LogP contribution >= 0.6 is 67.9 Å². The Morgan fingerprint density at radius 2 is 1.55 bits per heavy atom. The molecular weight excluding hydrogens is 702 g/mol. The molecule has 2 bridgehead atoms. The number of halogens is 5. The number of fused-ring (bicyclic) bond motifs is 2. The average Bonchev–Trinajstić information content (AvgIpc) is 2.74. The molecule has 3 unspecified atom stereocenters. The number of rotatable bonds is 5. The highest BCUT2D eigenvalue weighted by Crippen LogP contribution is 2.44. The number of carbonyl (C=O) groups excluding carboxylic acids is 1. The van der Waals surface area contributed by atoms with Gasteiger partial charge in [-0.1, -0.05) is 30.3 Å². The molecule has 1 N–H and O–H groups in total. The molecule has 0 saturated carbocycles. The lowest BCUT2D eigenvalue weighted by Crippen LogP contribution is -3.00. The molecule has 172 valence electrons. The first-order valence-corrected chi connectivity index (χ1v) is 9.18. The van der Waals surface area contributed by atoms with Crippen LogP contribution in [0.3, 0.4) is 0 Å². The fourth-order valence-electron chi connectivity index (χ4n) is 4.82. The van der Waals surface area contributed by atoms with E-state index in [0.717, 1.165) is 22.9 Å². The molecule has 3 rings (SSSR count).